The van der Waals surface area contributed by atoms with E-state index in [1.807, 2.05) is 11.3 Å². The second kappa shape index (κ2) is 5.72. The highest BCUT2D eigenvalue weighted by Gasteiger charge is 2.31. The molecule has 1 saturated heterocycles. The van der Waals surface area contributed by atoms with Gasteiger partial charge in [0.05, 0.1) is 6.04 Å². The third-order valence-corrected chi connectivity index (χ3v) is 4.91. The van der Waals surface area contributed by atoms with Gasteiger partial charge in [0.2, 0.25) is 0 Å². The van der Waals surface area contributed by atoms with Crippen LogP contribution in [0.15, 0.2) is 12.1 Å². The SMILES string of the molecule is Cc1ccc(C(C(C)N)N2CC(C)CC(C)C2)s1. The van der Waals surface area contributed by atoms with Crippen LogP contribution >= 0.6 is 11.3 Å². The number of aryl methyl sites for hydroxylation is 1. The van der Waals surface area contributed by atoms with E-state index in [9.17, 15) is 0 Å². The number of thiophene rings is 1. The lowest BCUT2D eigenvalue weighted by Gasteiger charge is -2.41. The second-order valence-electron chi connectivity index (χ2n) is 6.15. The molecule has 2 rings (SSSR count). The van der Waals surface area contributed by atoms with Crippen molar-refractivity contribution >= 4 is 11.3 Å². The fraction of sp³-hybridized carbons (Fsp3) is 0.733. The zero-order valence-corrected chi connectivity index (χ0v) is 12.8. The molecule has 2 heterocycles. The van der Waals surface area contributed by atoms with Gasteiger partial charge in [-0.25, -0.2) is 0 Å². The van der Waals surface area contributed by atoms with Crippen LogP contribution < -0.4 is 5.73 Å². The van der Waals surface area contributed by atoms with Gasteiger partial charge in [0.15, 0.2) is 0 Å². The van der Waals surface area contributed by atoms with Gasteiger partial charge in [-0.05, 0) is 44.2 Å². The van der Waals surface area contributed by atoms with Crippen LogP contribution in [0.1, 0.15) is 43.0 Å². The van der Waals surface area contributed by atoms with Crippen molar-refractivity contribution in [3.63, 3.8) is 0 Å². The van der Waals surface area contributed by atoms with Gasteiger partial charge in [-0.2, -0.15) is 0 Å². The minimum atomic E-state index is 0.195. The Labute approximate surface area is 115 Å². The molecule has 1 fully saturated rings. The van der Waals surface area contributed by atoms with Crippen LogP contribution in [-0.4, -0.2) is 24.0 Å². The van der Waals surface area contributed by atoms with Crippen molar-refractivity contribution in [2.75, 3.05) is 13.1 Å². The number of hydrogen-bond acceptors (Lipinski definition) is 3. The van der Waals surface area contributed by atoms with E-state index < -0.39 is 0 Å². The van der Waals surface area contributed by atoms with E-state index >= 15 is 0 Å². The molecule has 4 unspecified atom stereocenters. The number of hydrogen-bond donors (Lipinski definition) is 1. The Morgan fingerprint density at radius 1 is 1.28 bits per heavy atom. The summed E-state index contributed by atoms with van der Waals surface area (Å²) in [5, 5.41) is 0. The summed E-state index contributed by atoms with van der Waals surface area (Å²) in [5.41, 5.74) is 6.26. The first-order valence-electron chi connectivity index (χ1n) is 7.03. The number of nitrogens with two attached hydrogens (primary N) is 1. The third-order valence-electron chi connectivity index (χ3n) is 3.84. The highest BCUT2D eigenvalue weighted by atomic mass is 32.1. The first kappa shape index (κ1) is 14.0. The summed E-state index contributed by atoms with van der Waals surface area (Å²) in [6.07, 6.45) is 1.35. The fourth-order valence-corrected chi connectivity index (χ4v) is 4.45. The van der Waals surface area contributed by atoms with Gasteiger partial charge in [-0.3, -0.25) is 4.90 Å². The maximum atomic E-state index is 6.26. The van der Waals surface area contributed by atoms with Crippen LogP contribution in [0, 0.1) is 18.8 Å². The third kappa shape index (κ3) is 3.14. The van der Waals surface area contributed by atoms with Crippen molar-refractivity contribution < 1.29 is 0 Å². The Hall–Kier alpha value is -0.380. The molecule has 3 heteroatoms. The lowest BCUT2D eigenvalue weighted by atomic mass is 9.89. The average Bonchev–Trinajstić information content (AvgIpc) is 2.62. The van der Waals surface area contributed by atoms with Crippen LogP contribution in [-0.2, 0) is 0 Å². The van der Waals surface area contributed by atoms with Crippen molar-refractivity contribution in [3.8, 4) is 0 Å². The molecule has 0 radical (unpaired) electrons. The lowest BCUT2D eigenvalue weighted by molar-refractivity contribution is 0.0863. The molecule has 4 atom stereocenters. The van der Waals surface area contributed by atoms with Crippen molar-refractivity contribution in [3.05, 3.63) is 21.9 Å². The Morgan fingerprint density at radius 3 is 2.33 bits per heavy atom. The highest BCUT2D eigenvalue weighted by Crippen LogP contribution is 2.34. The van der Waals surface area contributed by atoms with E-state index in [2.05, 4.69) is 44.7 Å². The van der Waals surface area contributed by atoms with Crippen LogP contribution in [0.3, 0.4) is 0 Å². The van der Waals surface area contributed by atoms with Gasteiger partial charge < -0.3 is 5.73 Å². The Bertz CT molecular complexity index is 376. The summed E-state index contributed by atoms with van der Waals surface area (Å²) >= 11 is 1.90. The number of nitrogens with zero attached hydrogens (tertiary/aromatic N) is 1. The van der Waals surface area contributed by atoms with Crippen molar-refractivity contribution in [1.29, 1.82) is 0 Å². The molecule has 0 aliphatic carbocycles. The molecule has 18 heavy (non-hydrogen) atoms. The minimum absolute atomic E-state index is 0.195. The molecule has 1 aromatic heterocycles. The van der Waals surface area contributed by atoms with Crippen molar-refractivity contribution in [2.24, 2.45) is 17.6 Å². The van der Waals surface area contributed by atoms with Gasteiger partial charge in [0.25, 0.3) is 0 Å². The molecule has 102 valence electrons. The summed E-state index contributed by atoms with van der Waals surface area (Å²) in [5.74, 6) is 1.58. The maximum Gasteiger partial charge on any atom is 0.0591 e. The molecule has 1 aromatic rings. The standard InChI is InChI=1S/C15H26N2S/c1-10-7-11(2)9-17(8-10)15(13(4)16)14-6-5-12(3)18-14/h5-6,10-11,13,15H,7-9,16H2,1-4H3. The molecule has 1 aliphatic rings. The lowest BCUT2D eigenvalue weighted by Crippen LogP contribution is -2.46. The fourth-order valence-electron chi connectivity index (χ4n) is 3.32. The zero-order chi connectivity index (χ0) is 13.3. The van der Waals surface area contributed by atoms with E-state index in [0.29, 0.717) is 6.04 Å². The number of rotatable bonds is 3. The van der Waals surface area contributed by atoms with Gasteiger partial charge in [-0.1, -0.05) is 13.8 Å². The molecular formula is C15H26N2S. The van der Waals surface area contributed by atoms with E-state index in [1.165, 1.54) is 29.3 Å². The molecule has 0 saturated carbocycles. The van der Waals surface area contributed by atoms with Crippen molar-refractivity contribution in [1.82, 2.24) is 4.90 Å². The molecule has 0 aromatic carbocycles. The average molecular weight is 266 g/mol. The van der Waals surface area contributed by atoms with E-state index in [4.69, 9.17) is 5.73 Å². The molecule has 2 N–H and O–H groups in total. The van der Waals surface area contributed by atoms with Gasteiger partial charge in [0, 0.05) is 28.9 Å². The largest absolute Gasteiger partial charge is 0.326 e. The normalized spacial score (nSPS) is 29.2. The summed E-state index contributed by atoms with van der Waals surface area (Å²) in [6.45, 7) is 11.4. The predicted molar refractivity (Wildman–Crippen MR) is 80.0 cm³/mol. The van der Waals surface area contributed by atoms with E-state index in [1.54, 1.807) is 0 Å². The van der Waals surface area contributed by atoms with Crippen LogP contribution in [0.2, 0.25) is 0 Å². The van der Waals surface area contributed by atoms with Crippen molar-refractivity contribution in [2.45, 2.75) is 46.2 Å². The maximum absolute atomic E-state index is 6.26. The highest BCUT2D eigenvalue weighted by molar-refractivity contribution is 7.12. The molecule has 0 amide bonds. The first-order valence-corrected chi connectivity index (χ1v) is 7.85. The zero-order valence-electron chi connectivity index (χ0n) is 12.0. The topological polar surface area (TPSA) is 29.3 Å². The van der Waals surface area contributed by atoms with Gasteiger partial charge in [-0.15, -0.1) is 11.3 Å². The molecular weight excluding hydrogens is 240 g/mol. The molecule has 1 aliphatic heterocycles. The number of likely N-dealkylation sites (tertiary alicyclic amines) is 1. The Morgan fingerprint density at radius 2 is 1.89 bits per heavy atom. The van der Waals surface area contributed by atoms with Gasteiger partial charge >= 0.3 is 0 Å². The summed E-state index contributed by atoms with van der Waals surface area (Å²) in [6, 6.07) is 5.07. The monoisotopic (exact) mass is 266 g/mol. The molecule has 0 bridgehead atoms. The molecule has 0 spiro atoms. The second-order valence-corrected chi connectivity index (χ2v) is 7.47. The number of piperidine rings is 1. The first-order chi connectivity index (χ1) is 8.47. The minimum Gasteiger partial charge on any atom is -0.326 e. The van der Waals surface area contributed by atoms with Gasteiger partial charge in [0.1, 0.15) is 0 Å². The summed E-state index contributed by atoms with van der Waals surface area (Å²) < 4.78 is 0. The van der Waals surface area contributed by atoms with Crippen LogP contribution in [0.25, 0.3) is 0 Å². The summed E-state index contributed by atoms with van der Waals surface area (Å²) in [4.78, 5) is 5.42. The van der Waals surface area contributed by atoms with E-state index in [-0.39, 0.29) is 6.04 Å². The Kier molecular flexibility index (Phi) is 4.46. The van der Waals surface area contributed by atoms with Crippen LogP contribution in [0.5, 0.6) is 0 Å². The smallest absolute Gasteiger partial charge is 0.0591 e. The van der Waals surface area contributed by atoms with Crippen LogP contribution in [0.4, 0.5) is 0 Å². The Balaban J connectivity index is 2.19. The predicted octanol–water partition coefficient (Wildman–Crippen LogP) is 3.42. The van der Waals surface area contributed by atoms with E-state index in [0.717, 1.165) is 11.8 Å². The quantitative estimate of drug-likeness (QED) is 0.908. The molecule has 2 nitrogen and oxygen atoms in total. The summed E-state index contributed by atoms with van der Waals surface area (Å²) in [7, 11) is 0.